The summed E-state index contributed by atoms with van der Waals surface area (Å²) in [7, 11) is 0. The van der Waals surface area contributed by atoms with Gasteiger partial charge in [0.15, 0.2) is 3.79 Å². The predicted molar refractivity (Wildman–Crippen MR) is 55.4 cm³/mol. The van der Waals surface area contributed by atoms with Gasteiger partial charge in [-0.15, -0.1) is 11.6 Å². The van der Waals surface area contributed by atoms with Crippen LogP contribution in [0.4, 0.5) is 0 Å². The summed E-state index contributed by atoms with van der Waals surface area (Å²) in [6, 6.07) is 0. The molecule has 0 spiro atoms. The number of hydrogen-bond donors (Lipinski definition) is 1. The molecular weight excluding hydrogens is 242 g/mol. The quantitative estimate of drug-likeness (QED) is 0.765. The van der Waals surface area contributed by atoms with Crippen molar-refractivity contribution in [1.29, 1.82) is 0 Å². The molecule has 0 aromatic rings. The third kappa shape index (κ3) is 4.98. The van der Waals surface area contributed by atoms with E-state index in [0.29, 0.717) is 0 Å². The molecular formula is C7H12Cl4O. The van der Waals surface area contributed by atoms with Gasteiger partial charge in [0.1, 0.15) is 0 Å². The Hall–Kier alpha value is 1.12. The molecule has 0 aliphatic heterocycles. The fourth-order valence-corrected chi connectivity index (χ4v) is 1.58. The van der Waals surface area contributed by atoms with Gasteiger partial charge < -0.3 is 5.11 Å². The van der Waals surface area contributed by atoms with Gasteiger partial charge in [-0.1, -0.05) is 48.7 Å². The van der Waals surface area contributed by atoms with Gasteiger partial charge >= 0.3 is 0 Å². The first kappa shape index (κ1) is 13.1. The van der Waals surface area contributed by atoms with Gasteiger partial charge in [0, 0.05) is 23.8 Å². The molecule has 0 aromatic heterocycles. The van der Waals surface area contributed by atoms with Crippen LogP contribution in [0.25, 0.3) is 0 Å². The van der Waals surface area contributed by atoms with E-state index in [0.717, 1.165) is 0 Å². The summed E-state index contributed by atoms with van der Waals surface area (Å²) in [5, 5.41) is 8.60. The van der Waals surface area contributed by atoms with Gasteiger partial charge in [-0.25, -0.2) is 0 Å². The van der Waals surface area contributed by atoms with Crippen molar-refractivity contribution in [2.45, 2.75) is 29.4 Å². The summed E-state index contributed by atoms with van der Waals surface area (Å²) in [5.41, 5.74) is -0.425. The number of halogens is 4. The van der Waals surface area contributed by atoms with Crippen molar-refractivity contribution in [2.75, 3.05) is 6.61 Å². The van der Waals surface area contributed by atoms with E-state index in [4.69, 9.17) is 51.5 Å². The van der Waals surface area contributed by atoms with Crippen LogP contribution in [-0.2, 0) is 0 Å². The maximum Gasteiger partial charge on any atom is 0.192 e. The maximum atomic E-state index is 8.95. The first-order valence-electron chi connectivity index (χ1n) is 3.51. The number of rotatable bonds is 3. The van der Waals surface area contributed by atoms with E-state index < -0.39 is 9.21 Å². The normalized spacial score (nSPS) is 16.2. The van der Waals surface area contributed by atoms with Gasteiger partial charge in [-0.05, 0) is 0 Å². The molecule has 74 valence electrons. The summed E-state index contributed by atoms with van der Waals surface area (Å²) in [4.78, 5) is 0. The minimum absolute atomic E-state index is 0.0259. The first-order chi connectivity index (χ1) is 5.19. The third-order valence-corrected chi connectivity index (χ3v) is 2.87. The second kappa shape index (κ2) is 4.56. The Labute approximate surface area is 92.9 Å². The molecule has 1 atom stereocenters. The second-order valence-electron chi connectivity index (χ2n) is 3.43. The fourth-order valence-electron chi connectivity index (χ4n) is 0.579. The first-order valence-corrected chi connectivity index (χ1v) is 5.08. The van der Waals surface area contributed by atoms with Gasteiger partial charge in [-0.3, -0.25) is 0 Å². The van der Waals surface area contributed by atoms with E-state index in [2.05, 4.69) is 0 Å². The lowest BCUT2D eigenvalue weighted by Crippen LogP contribution is -2.31. The molecule has 1 unspecified atom stereocenters. The maximum absolute atomic E-state index is 8.95. The number of aliphatic hydroxyl groups excluding tert-OH is 1. The summed E-state index contributed by atoms with van der Waals surface area (Å²) in [6.07, 6.45) is 0.229. The largest absolute Gasteiger partial charge is 0.396 e. The van der Waals surface area contributed by atoms with Crippen molar-refractivity contribution in [3.05, 3.63) is 0 Å². The van der Waals surface area contributed by atoms with Crippen LogP contribution in [0.5, 0.6) is 0 Å². The standard InChI is InChI=1S/C7H12Cl4O/c1-6(2,4-12)5(8)3-7(9,10)11/h5,12H,3-4H2,1-2H3. The van der Waals surface area contributed by atoms with E-state index in [9.17, 15) is 0 Å². The molecule has 0 amide bonds. The van der Waals surface area contributed by atoms with E-state index in [1.807, 2.05) is 13.8 Å². The van der Waals surface area contributed by atoms with Crippen molar-refractivity contribution in [3.63, 3.8) is 0 Å². The van der Waals surface area contributed by atoms with Crippen molar-refractivity contribution < 1.29 is 5.11 Å². The van der Waals surface area contributed by atoms with Crippen LogP contribution >= 0.6 is 46.4 Å². The Balaban J connectivity index is 4.13. The smallest absolute Gasteiger partial charge is 0.192 e. The lowest BCUT2D eigenvalue weighted by molar-refractivity contribution is 0.152. The highest BCUT2D eigenvalue weighted by molar-refractivity contribution is 6.67. The molecule has 0 fully saturated rings. The molecule has 0 bridgehead atoms. The molecule has 1 N–H and O–H groups in total. The number of alkyl halides is 4. The molecule has 1 nitrogen and oxygen atoms in total. The predicted octanol–water partition coefficient (Wildman–Crippen LogP) is 3.37. The van der Waals surface area contributed by atoms with Gasteiger partial charge in [0.2, 0.25) is 0 Å². The Kier molecular flexibility index (Phi) is 4.99. The molecule has 5 heteroatoms. The van der Waals surface area contributed by atoms with Crippen molar-refractivity contribution >= 4 is 46.4 Å². The lowest BCUT2D eigenvalue weighted by Gasteiger charge is -2.29. The third-order valence-electron chi connectivity index (χ3n) is 1.67. The van der Waals surface area contributed by atoms with Crippen LogP contribution in [0.2, 0.25) is 0 Å². The van der Waals surface area contributed by atoms with E-state index >= 15 is 0 Å². The Morgan fingerprint density at radius 1 is 1.25 bits per heavy atom. The summed E-state index contributed by atoms with van der Waals surface area (Å²) < 4.78 is -1.35. The Morgan fingerprint density at radius 3 is 1.92 bits per heavy atom. The Bertz CT molecular complexity index is 141. The second-order valence-corrected chi connectivity index (χ2v) is 6.48. The highest BCUT2D eigenvalue weighted by Crippen LogP contribution is 2.38. The Morgan fingerprint density at radius 2 is 1.67 bits per heavy atom. The highest BCUT2D eigenvalue weighted by atomic mass is 35.6. The zero-order chi connectivity index (χ0) is 9.99. The average Bonchev–Trinajstić information content (AvgIpc) is 1.84. The summed E-state index contributed by atoms with van der Waals surface area (Å²) in [6.45, 7) is 3.62. The molecule has 0 aliphatic rings. The van der Waals surface area contributed by atoms with Gasteiger partial charge in [0.25, 0.3) is 0 Å². The van der Waals surface area contributed by atoms with E-state index in [1.54, 1.807) is 0 Å². The summed E-state index contributed by atoms with van der Waals surface area (Å²) in [5.74, 6) is 0. The topological polar surface area (TPSA) is 20.2 Å². The number of hydrogen-bond acceptors (Lipinski definition) is 1. The molecule has 12 heavy (non-hydrogen) atoms. The molecule has 0 radical (unpaired) electrons. The minimum atomic E-state index is -1.35. The SMILES string of the molecule is CC(C)(CO)C(Cl)CC(Cl)(Cl)Cl. The summed E-state index contributed by atoms with van der Waals surface area (Å²) >= 11 is 22.6. The van der Waals surface area contributed by atoms with E-state index in [1.165, 1.54) is 0 Å². The molecule has 0 aliphatic carbocycles. The van der Waals surface area contributed by atoms with Crippen molar-refractivity contribution in [1.82, 2.24) is 0 Å². The fraction of sp³-hybridized carbons (Fsp3) is 1.00. The zero-order valence-electron chi connectivity index (χ0n) is 6.95. The highest BCUT2D eigenvalue weighted by Gasteiger charge is 2.33. The minimum Gasteiger partial charge on any atom is -0.396 e. The van der Waals surface area contributed by atoms with Crippen LogP contribution in [0.1, 0.15) is 20.3 Å². The number of aliphatic hydroxyl groups is 1. The molecule has 0 heterocycles. The van der Waals surface area contributed by atoms with Gasteiger partial charge in [-0.2, -0.15) is 0 Å². The zero-order valence-corrected chi connectivity index (χ0v) is 9.97. The van der Waals surface area contributed by atoms with E-state index in [-0.39, 0.29) is 18.4 Å². The lowest BCUT2D eigenvalue weighted by atomic mass is 9.89. The molecule has 0 rings (SSSR count). The monoisotopic (exact) mass is 252 g/mol. The van der Waals surface area contributed by atoms with Crippen molar-refractivity contribution in [3.8, 4) is 0 Å². The molecule has 0 aromatic carbocycles. The van der Waals surface area contributed by atoms with Crippen LogP contribution in [0, 0.1) is 5.41 Å². The van der Waals surface area contributed by atoms with Crippen LogP contribution in [-0.4, -0.2) is 20.9 Å². The van der Waals surface area contributed by atoms with Crippen LogP contribution < -0.4 is 0 Å². The van der Waals surface area contributed by atoms with Crippen molar-refractivity contribution in [2.24, 2.45) is 5.41 Å². The molecule has 0 saturated heterocycles. The average molecular weight is 254 g/mol. The van der Waals surface area contributed by atoms with Gasteiger partial charge in [0.05, 0.1) is 0 Å². The van der Waals surface area contributed by atoms with Crippen LogP contribution in [0.3, 0.4) is 0 Å². The molecule has 0 saturated carbocycles. The van der Waals surface area contributed by atoms with Crippen LogP contribution in [0.15, 0.2) is 0 Å².